The van der Waals surface area contributed by atoms with Crippen LogP contribution in [0, 0.1) is 5.92 Å². The molecule has 3 heteroatoms. The molecule has 1 aromatic carbocycles. The van der Waals surface area contributed by atoms with E-state index in [4.69, 9.17) is 10.8 Å². The number of rotatable bonds is 7. The Morgan fingerprint density at radius 3 is 2.29 bits per heavy atom. The van der Waals surface area contributed by atoms with Gasteiger partial charge in [0, 0.05) is 19.1 Å². The predicted molar refractivity (Wildman–Crippen MR) is 71.8 cm³/mol. The molecule has 1 unspecified atom stereocenters. The third-order valence-corrected chi connectivity index (χ3v) is 2.64. The maximum atomic E-state index is 8.79. The molecule has 0 aliphatic heterocycles. The molecule has 0 saturated carbocycles. The van der Waals surface area contributed by atoms with Crippen molar-refractivity contribution in [1.29, 1.82) is 0 Å². The summed E-state index contributed by atoms with van der Waals surface area (Å²) in [7, 11) is 0. The maximum Gasteiger partial charge on any atom is 0.0594 e. The molecule has 0 spiro atoms. The largest absolute Gasteiger partial charge is 0.395 e. The van der Waals surface area contributed by atoms with Crippen LogP contribution in [0.1, 0.15) is 25.0 Å². The Balaban J connectivity index is 2.35. The van der Waals surface area contributed by atoms with Crippen LogP contribution in [0.4, 0.5) is 0 Å². The minimum atomic E-state index is -0.171. The minimum Gasteiger partial charge on any atom is -0.395 e. The molecule has 1 rings (SSSR count). The van der Waals surface area contributed by atoms with Crippen LogP contribution in [-0.4, -0.2) is 24.3 Å². The molecule has 0 radical (unpaired) electrons. The van der Waals surface area contributed by atoms with Gasteiger partial charge in [-0.3, -0.25) is 0 Å². The second-order valence-electron chi connectivity index (χ2n) is 4.99. The van der Waals surface area contributed by atoms with E-state index in [2.05, 4.69) is 43.4 Å². The lowest BCUT2D eigenvalue weighted by molar-refractivity contribution is 0.262. The van der Waals surface area contributed by atoms with Gasteiger partial charge >= 0.3 is 0 Å². The van der Waals surface area contributed by atoms with E-state index in [1.54, 1.807) is 0 Å². The van der Waals surface area contributed by atoms with Crippen molar-refractivity contribution in [3.63, 3.8) is 0 Å². The van der Waals surface area contributed by atoms with Crippen LogP contribution in [0.15, 0.2) is 24.3 Å². The summed E-state index contributed by atoms with van der Waals surface area (Å²) in [4.78, 5) is 0. The lowest BCUT2D eigenvalue weighted by Gasteiger charge is -2.10. The van der Waals surface area contributed by atoms with Crippen molar-refractivity contribution < 1.29 is 5.11 Å². The molecule has 0 fully saturated rings. The molecule has 0 amide bonds. The van der Waals surface area contributed by atoms with E-state index < -0.39 is 0 Å². The van der Waals surface area contributed by atoms with Gasteiger partial charge in [-0.15, -0.1) is 0 Å². The van der Waals surface area contributed by atoms with Crippen LogP contribution in [-0.2, 0) is 13.0 Å². The van der Waals surface area contributed by atoms with Crippen LogP contribution < -0.4 is 11.1 Å². The standard InChI is InChI=1S/C14H24N2O/c1-11(2)7-12-3-5-13(6-4-12)8-16-9-14(15)10-17/h3-6,11,14,16-17H,7-10,15H2,1-2H3. The van der Waals surface area contributed by atoms with Gasteiger partial charge in [-0.2, -0.15) is 0 Å². The van der Waals surface area contributed by atoms with Crippen LogP contribution >= 0.6 is 0 Å². The maximum absolute atomic E-state index is 8.79. The highest BCUT2D eigenvalue weighted by Crippen LogP contribution is 2.09. The molecule has 17 heavy (non-hydrogen) atoms. The lowest BCUT2D eigenvalue weighted by atomic mass is 10.0. The Labute approximate surface area is 104 Å². The second-order valence-corrected chi connectivity index (χ2v) is 4.99. The molecule has 4 N–H and O–H groups in total. The molecule has 96 valence electrons. The number of nitrogens with two attached hydrogens (primary N) is 1. The van der Waals surface area contributed by atoms with Crippen molar-refractivity contribution in [3.05, 3.63) is 35.4 Å². The summed E-state index contributed by atoms with van der Waals surface area (Å²) in [5, 5.41) is 12.0. The zero-order chi connectivity index (χ0) is 12.7. The first-order valence-corrected chi connectivity index (χ1v) is 6.26. The van der Waals surface area contributed by atoms with Gasteiger partial charge in [0.15, 0.2) is 0 Å². The van der Waals surface area contributed by atoms with E-state index in [9.17, 15) is 0 Å². The zero-order valence-corrected chi connectivity index (χ0v) is 10.8. The average molecular weight is 236 g/mol. The van der Waals surface area contributed by atoms with Gasteiger partial charge in [0.25, 0.3) is 0 Å². The number of hydrogen-bond acceptors (Lipinski definition) is 3. The Bertz CT molecular complexity index is 309. The van der Waals surface area contributed by atoms with Crippen molar-refractivity contribution in [1.82, 2.24) is 5.32 Å². The molecule has 3 nitrogen and oxygen atoms in total. The van der Waals surface area contributed by atoms with Crippen molar-refractivity contribution in [2.24, 2.45) is 11.7 Å². The highest BCUT2D eigenvalue weighted by Gasteiger charge is 2.00. The number of aliphatic hydroxyl groups excluding tert-OH is 1. The summed E-state index contributed by atoms with van der Waals surface area (Å²) in [5.74, 6) is 0.696. The lowest BCUT2D eigenvalue weighted by Crippen LogP contribution is -2.36. The highest BCUT2D eigenvalue weighted by atomic mass is 16.3. The topological polar surface area (TPSA) is 58.3 Å². The van der Waals surface area contributed by atoms with Gasteiger partial charge in [-0.05, 0) is 23.5 Å². The Morgan fingerprint density at radius 2 is 1.76 bits per heavy atom. The van der Waals surface area contributed by atoms with Crippen LogP contribution in [0.5, 0.6) is 0 Å². The van der Waals surface area contributed by atoms with Gasteiger partial charge in [-0.1, -0.05) is 38.1 Å². The smallest absolute Gasteiger partial charge is 0.0594 e. The molecule has 0 aliphatic carbocycles. The molecular weight excluding hydrogens is 212 g/mol. The van der Waals surface area contributed by atoms with E-state index >= 15 is 0 Å². The summed E-state index contributed by atoms with van der Waals surface area (Å²) < 4.78 is 0. The molecular formula is C14H24N2O. The third kappa shape index (κ3) is 5.82. The quantitative estimate of drug-likeness (QED) is 0.668. The molecule has 0 aliphatic rings. The molecule has 0 saturated heterocycles. The summed E-state index contributed by atoms with van der Waals surface area (Å²) in [6.45, 7) is 5.93. The fourth-order valence-corrected chi connectivity index (χ4v) is 1.73. The van der Waals surface area contributed by atoms with E-state index in [-0.39, 0.29) is 12.6 Å². The predicted octanol–water partition coefficient (Wildman–Crippen LogP) is 1.29. The normalized spacial score (nSPS) is 13.0. The fraction of sp³-hybridized carbons (Fsp3) is 0.571. The molecule has 1 atom stereocenters. The average Bonchev–Trinajstić information content (AvgIpc) is 2.30. The van der Waals surface area contributed by atoms with E-state index in [0.29, 0.717) is 12.5 Å². The third-order valence-electron chi connectivity index (χ3n) is 2.64. The SMILES string of the molecule is CC(C)Cc1ccc(CNCC(N)CO)cc1. The number of hydrogen-bond donors (Lipinski definition) is 3. The minimum absolute atomic E-state index is 0.0281. The second kappa shape index (κ2) is 7.43. The van der Waals surface area contributed by atoms with Crippen molar-refractivity contribution in [3.8, 4) is 0 Å². The Morgan fingerprint density at radius 1 is 1.18 bits per heavy atom. The van der Waals surface area contributed by atoms with E-state index in [1.165, 1.54) is 11.1 Å². The van der Waals surface area contributed by atoms with Crippen molar-refractivity contribution >= 4 is 0 Å². The van der Waals surface area contributed by atoms with E-state index in [0.717, 1.165) is 13.0 Å². The van der Waals surface area contributed by atoms with Crippen molar-refractivity contribution in [2.45, 2.75) is 32.9 Å². The first kappa shape index (κ1) is 14.2. The van der Waals surface area contributed by atoms with Gasteiger partial charge in [-0.25, -0.2) is 0 Å². The van der Waals surface area contributed by atoms with Crippen molar-refractivity contribution in [2.75, 3.05) is 13.2 Å². The first-order valence-electron chi connectivity index (χ1n) is 6.26. The van der Waals surface area contributed by atoms with Crippen LogP contribution in [0.25, 0.3) is 0 Å². The van der Waals surface area contributed by atoms with Gasteiger partial charge in [0.05, 0.1) is 6.61 Å². The monoisotopic (exact) mass is 236 g/mol. The number of nitrogens with one attached hydrogen (secondary N) is 1. The van der Waals surface area contributed by atoms with Gasteiger partial charge in [0.2, 0.25) is 0 Å². The Kier molecular flexibility index (Phi) is 6.19. The zero-order valence-electron chi connectivity index (χ0n) is 10.8. The van der Waals surface area contributed by atoms with Gasteiger partial charge < -0.3 is 16.2 Å². The number of benzene rings is 1. The van der Waals surface area contributed by atoms with E-state index in [1.807, 2.05) is 0 Å². The van der Waals surface area contributed by atoms with Crippen LogP contribution in [0.3, 0.4) is 0 Å². The molecule has 0 bridgehead atoms. The summed E-state index contributed by atoms with van der Waals surface area (Å²) in [6, 6.07) is 8.49. The summed E-state index contributed by atoms with van der Waals surface area (Å²) in [5.41, 5.74) is 8.24. The van der Waals surface area contributed by atoms with Crippen LogP contribution in [0.2, 0.25) is 0 Å². The summed E-state index contributed by atoms with van der Waals surface area (Å²) in [6.07, 6.45) is 1.13. The first-order chi connectivity index (χ1) is 8.11. The Hall–Kier alpha value is -0.900. The number of aliphatic hydroxyl groups is 1. The molecule has 1 aromatic rings. The summed E-state index contributed by atoms with van der Waals surface area (Å²) >= 11 is 0. The molecule has 0 aromatic heterocycles. The highest BCUT2D eigenvalue weighted by molar-refractivity contribution is 5.22. The molecule has 0 heterocycles. The van der Waals surface area contributed by atoms with Gasteiger partial charge in [0.1, 0.15) is 0 Å². The fourth-order valence-electron chi connectivity index (χ4n) is 1.73.